The van der Waals surface area contributed by atoms with Crippen molar-refractivity contribution in [2.45, 2.75) is 64.0 Å². The van der Waals surface area contributed by atoms with Gasteiger partial charge in [-0.1, -0.05) is 29.1 Å². The summed E-state index contributed by atoms with van der Waals surface area (Å²) >= 11 is 1.57. The van der Waals surface area contributed by atoms with Gasteiger partial charge in [-0.05, 0) is 70.2 Å². The molecule has 0 fully saturated rings. The van der Waals surface area contributed by atoms with E-state index in [1.54, 1.807) is 11.3 Å². The molecule has 7 nitrogen and oxygen atoms in total. The Labute approximate surface area is 204 Å². The number of nitriles is 1. The van der Waals surface area contributed by atoms with Gasteiger partial charge in [0.05, 0.1) is 25.3 Å². The lowest BCUT2D eigenvalue weighted by atomic mass is 9.68. The van der Waals surface area contributed by atoms with Gasteiger partial charge in [0.15, 0.2) is 0 Å². The van der Waals surface area contributed by atoms with Gasteiger partial charge in [-0.3, -0.25) is 4.79 Å². The standard InChI is InChI=1S/C26H30N4O3S/c1-16(2)33-22-11-10-17(13-18(22)14-27)24-29-30-25(34-24)26(3)12-6-7-19-20(26)8-5-9-21(19)28-15-23(31)32-4/h6-7,10-11,13,16,21,28H,5,8-9,12,15H2,1-4H3/t21-,26?/m1/s1. The summed E-state index contributed by atoms with van der Waals surface area (Å²) in [7, 11) is 1.41. The van der Waals surface area contributed by atoms with Gasteiger partial charge in [0, 0.05) is 17.0 Å². The maximum atomic E-state index is 11.7. The fourth-order valence-electron chi connectivity index (χ4n) is 4.73. The third kappa shape index (κ3) is 4.77. The van der Waals surface area contributed by atoms with Gasteiger partial charge in [0.25, 0.3) is 0 Å². The molecule has 1 aromatic heterocycles. The average molecular weight is 479 g/mol. The van der Waals surface area contributed by atoms with Gasteiger partial charge in [0.2, 0.25) is 0 Å². The Morgan fingerprint density at radius 3 is 2.94 bits per heavy atom. The maximum absolute atomic E-state index is 11.7. The molecule has 1 aromatic carbocycles. The van der Waals surface area contributed by atoms with Crippen molar-refractivity contribution in [3.8, 4) is 22.4 Å². The van der Waals surface area contributed by atoms with Crippen molar-refractivity contribution in [2.24, 2.45) is 0 Å². The molecular weight excluding hydrogens is 448 g/mol. The van der Waals surface area contributed by atoms with Gasteiger partial charge in [-0.2, -0.15) is 5.26 Å². The molecule has 1 unspecified atom stereocenters. The van der Waals surface area contributed by atoms with Crippen LogP contribution in [0.3, 0.4) is 0 Å². The number of esters is 1. The number of rotatable bonds is 7. The first-order chi connectivity index (χ1) is 16.4. The summed E-state index contributed by atoms with van der Waals surface area (Å²) in [4.78, 5) is 11.7. The first-order valence-electron chi connectivity index (χ1n) is 11.6. The van der Waals surface area contributed by atoms with Gasteiger partial charge in [-0.25, -0.2) is 0 Å². The van der Waals surface area contributed by atoms with Crippen LogP contribution in [0.2, 0.25) is 0 Å². The van der Waals surface area contributed by atoms with Crippen LogP contribution in [0.1, 0.15) is 57.0 Å². The fraction of sp³-hybridized carbons (Fsp3) is 0.462. The molecule has 1 N–H and O–H groups in total. The lowest BCUT2D eigenvalue weighted by Gasteiger charge is -2.39. The molecule has 0 saturated heterocycles. The molecule has 1 heterocycles. The van der Waals surface area contributed by atoms with Crippen molar-refractivity contribution in [1.29, 1.82) is 5.26 Å². The van der Waals surface area contributed by atoms with Crippen molar-refractivity contribution in [3.05, 3.63) is 52.1 Å². The van der Waals surface area contributed by atoms with E-state index in [-0.39, 0.29) is 30.1 Å². The second-order valence-electron chi connectivity index (χ2n) is 9.18. The predicted molar refractivity (Wildman–Crippen MR) is 132 cm³/mol. The number of hydrogen-bond acceptors (Lipinski definition) is 8. The maximum Gasteiger partial charge on any atom is 0.319 e. The molecule has 0 amide bonds. The SMILES string of the molecule is COC(=O)CN[C@@H]1CCCC2=C1C=CCC2(C)c1nnc(-c2ccc(OC(C)C)c(C#N)c2)s1. The van der Waals surface area contributed by atoms with Crippen molar-refractivity contribution >= 4 is 17.3 Å². The Hall–Kier alpha value is -3.02. The predicted octanol–water partition coefficient (Wildman–Crippen LogP) is 4.69. The molecular formula is C26H30N4O3S. The molecule has 34 heavy (non-hydrogen) atoms. The summed E-state index contributed by atoms with van der Waals surface area (Å²) in [6.45, 7) is 6.31. The van der Waals surface area contributed by atoms with Crippen LogP contribution in [0, 0.1) is 11.3 Å². The molecule has 2 aromatic rings. The molecule has 0 bridgehead atoms. The molecule has 0 saturated carbocycles. The topological polar surface area (TPSA) is 97.1 Å². The lowest BCUT2D eigenvalue weighted by molar-refractivity contribution is -0.139. The van der Waals surface area contributed by atoms with Crippen LogP contribution < -0.4 is 10.1 Å². The molecule has 2 atom stereocenters. The van der Waals surface area contributed by atoms with E-state index in [1.165, 1.54) is 18.3 Å². The Morgan fingerprint density at radius 1 is 1.38 bits per heavy atom. The fourth-order valence-corrected chi connectivity index (χ4v) is 5.75. The lowest BCUT2D eigenvalue weighted by Crippen LogP contribution is -2.41. The molecule has 178 valence electrons. The normalized spacial score (nSPS) is 21.8. The van der Waals surface area contributed by atoms with E-state index in [0.29, 0.717) is 11.3 Å². The molecule has 0 radical (unpaired) electrons. The van der Waals surface area contributed by atoms with Crippen LogP contribution in [-0.4, -0.2) is 42.0 Å². The summed E-state index contributed by atoms with van der Waals surface area (Å²) in [6, 6.07) is 7.94. The number of nitrogens with one attached hydrogen (secondary N) is 1. The van der Waals surface area contributed by atoms with Crippen LogP contribution in [0.5, 0.6) is 5.75 Å². The molecule has 8 heteroatoms. The highest BCUT2D eigenvalue weighted by atomic mass is 32.1. The first-order valence-corrected chi connectivity index (χ1v) is 12.4. The van der Waals surface area contributed by atoms with Crippen LogP contribution in [-0.2, 0) is 14.9 Å². The highest BCUT2D eigenvalue weighted by molar-refractivity contribution is 7.14. The number of carbonyl (C=O) groups is 1. The van der Waals surface area contributed by atoms with Gasteiger partial charge in [0.1, 0.15) is 21.8 Å². The third-order valence-corrected chi connectivity index (χ3v) is 7.70. The van der Waals surface area contributed by atoms with Crippen molar-refractivity contribution in [3.63, 3.8) is 0 Å². The van der Waals surface area contributed by atoms with Gasteiger partial charge < -0.3 is 14.8 Å². The largest absolute Gasteiger partial charge is 0.490 e. The number of hydrogen-bond donors (Lipinski definition) is 1. The van der Waals surface area contributed by atoms with Crippen molar-refractivity contribution in [2.75, 3.05) is 13.7 Å². The zero-order valence-electron chi connectivity index (χ0n) is 20.1. The van der Waals surface area contributed by atoms with Gasteiger partial charge in [-0.15, -0.1) is 10.2 Å². The van der Waals surface area contributed by atoms with E-state index in [1.807, 2.05) is 32.0 Å². The average Bonchev–Trinajstić information content (AvgIpc) is 3.34. The molecule has 2 aliphatic carbocycles. The summed E-state index contributed by atoms with van der Waals surface area (Å²) in [5.41, 5.74) is 3.73. The third-order valence-electron chi connectivity index (χ3n) is 6.46. The Kier molecular flexibility index (Phi) is 7.15. The van der Waals surface area contributed by atoms with E-state index >= 15 is 0 Å². The van der Waals surface area contributed by atoms with E-state index in [4.69, 9.17) is 9.47 Å². The van der Waals surface area contributed by atoms with Crippen LogP contribution in [0.15, 0.2) is 41.5 Å². The number of methoxy groups -OCH3 is 1. The second-order valence-corrected chi connectivity index (χ2v) is 10.2. The minimum Gasteiger partial charge on any atom is -0.490 e. The molecule has 2 aliphatic rings. The summed E-state index contributed by atoms with van der Waals surface area (Å²) in [5, 5.41) is 23.8. The monoisotopic (exact) mass is 478 g/mol. The summed E-state index contributed by atoms with van der Waals surface area (Å²) in [6.07, 6.45) is 8.28. The van der Waals surface area contributed by atoms with Crippen molar-refractivity contribution < 1.29 is 14.3 Å². The highest BCUT2D eigenvalue weighted by Crippen LogP contribution is 2.47. The number of carbonyl (C=O) groups excluding carboxylic acids is 1. The van der Waals surface area contributed by atoms with E-state index < -0.39 is 0 Å². The zero-order chi connectivity index (χ0) is 24.3. The first kappa shape index (κ1) is 24.1. The Balaban J connectivity index is 1.63. The molecule has 0 spiro atoms. The minimum absolute atomic E-state index is 0.00529. The summed E-state index contributed by atoms with van der Waals surface area (Å²) < 4.78 is 10.5. The number of nitrogens with zero attached hydrogens (tertiary/aromatic N) is 3. The second kappa shape index (κ2) is 10.1. The molecule has 4 rings (SSSR count). The smallest absolute Gasteiger partial charge is 0.319 e. The van der Waals surface area contributed by atoms with E-state index in [2.05, 4.69) is 40.7 Å². The van der Waals surface area contributed by atoms with Crippen LogP contribution >= 0.6 is 11.3 Å². The number of benzene rings is 1. The zero-order valence-corrected chi connectivity index (χ0v) is 20.9. The summed E-state index contributed by atoms with van der Waals surface area (Å²) in [5.74, 6) is 0.323. The van der Waals surface area contributed by atoms with E-state index in [9.17, 15) is 10.1 Å². The number of allylic oxidation sites excluding steroid dienone is 2. The highest BCUT2D eigenvalue weighted by Gasteiger charge is 2.40. The molecule has 0 aliphatic heterocycles. The Bertz CT molecular complexity index is 1180. The number of ether oxygens (including phenoxy) is 2. The van der Waals surface area contributed by atoms with Crippen LogP contribution in [0.25, 0.3) is 10.6 Å². The van der Waals surface area contributed by atoms with E-state index in [0.717, 1.165) is 41.3 Å². The van der Waals surface area contributed by atoms with Gasteiger partial charge >= 0.3 is 5.97 Å². The Morgan fingerprint density at radius 2 is 2.21 bits per heavy atom. The van der Waals surface area contributed by atoms with Crippen molar-refractivity contribution in [1.82, 2.24) is 15.5 Å². The number of aromatic nitrogens is 2. The quantitative estimate of drug-likeness (QED) is 0.577. The van der Waals surface area contributed by atoms with Crippen LogP contribution in [0.4, 0.5) is 0 Å². The minimum atomic E-state index is -0.259.